The Bertz CT molecular complexity index is 592. The summed E-state index contributed by atoms with van der Waals surface area (Å²) in [6.45, 7) is 3.10. The third-order valence-corrected chi connectivity index (χ3v) is 3.00. The van der Waals surface area contributed by atoms with Crippen molar-refractivity contribution in [2.75, 3.05) is 7.05 Å². The van der Waals surface area contributed by atoms with Crippen LogP contribution in [0.2, 0.25) is 0 Å². The average molecular weight is 290 g/mol. The summed E-state index contributed by atoms with van der Waals surface area (Å²) in [5.74, 6) is 1.17. The van der Waals surface area contributed by atoms with Gasteiger partial charge in [-0.15, -0.1) is 0 Å². The van der Waals surface area contributed by atoms with Crippen LogP contribution in [0.3, 0.4) is 0 Å². The summed E-state index contributed by atoms with van der Waals surface area (Å²) in [4.78, 5) is 4.12. The molecule has 0 aliphatic heterocycles. The number of nitrogens with zero attached hydrogens (tertiary/aromatic N) is 2. The van der Waals surface area contributed by atoms with Crippen molar-refractivity contribution in [2.24, 2.45) is 4.99 Å². The Balaban J connectivity index is 1.81. The third-order valence-electron chi connectivity index (χ3n) is 3.00. The zero-order valence-electron chi connectivity index (χ0n) is 12.2. The predicted molar refractivity (Wildman–Crippen MR) is 79.3 cm³/mol. The van der Waals surface area contributed by atoms with Gasteiger partial charge < -0.3 is 15.2 Å². The first-order valence-electron chi connectivity index (χ1n) is 6.84. The summed E-state index contributed by atoms with van der Waals surface area (Å²) in [6, 6.07) is 8.27. The standard InChI is InChI=1S/C15H19FN4O/c1-3-13-8-14(21-20-13)10-19-15(17-2)18-9-11-4-6-12(16)7-5-11/h4-8H,3,9-10H2,1-2H3,(H2,17,18,19). The summed E-state index contributed by atoms with van der Waals surface area (Å²) in [7, 11) is 1.69. The Hall–Kier alpha value is -2.37. The Morgan fingerprint density at radius 3 is 2.57 bits per heavy atom. The molecule has 1 aromatic carbocycles. The molecule has 0 fully saturated rings. The Morgan fingerprint density at radius 2 is 1.95 bits per heavy atom. The molecule has 5 nitrogen and oxygen atoms in total. The highest BCUT2D eigenvalue weighted by molar-refractivity contribution is 5.79. The molecule has 6 heteroatoms. The molecule has 0 amide bonds. The van der Waals surface area contributed by atoms with Gasteiger partial charge in [0.2, 0.25) is 0 Å². The van der Waals surface area contributed by atoms with Crippen molar-refractivity contribution < 1.29 is 8.91 Å². The fourth-order valence-corrected chi connectivity index (χ4v) is 1.79. The molecule has 0 spiro atoms. The van der Waals surface area contributed by atoms with E-state index in [1.165, 1.54) is 12.1 Å². The van der Waals surface area contributed by atoms with Crippen LogP contribution in [-0.4, -0.2) is 18.2 Å². The number of hydrogen-bond donors (Lipinski definition) is 2. The van der Waals surface area contributed by atoms with Gasteiger partial charge in [-0.25, -0.2) is 4.39 Å². The van der Waals surface area contributed by atoms with E-state index in [9.17, 15) is 4.39 Å². The van der Waals surface area contributed by atoms with Crippen molar-refractivity contribution in [3.8, 4) is 0 Å². The lowest BCUT2D eigenvalue weighted by atomic mass is 10.2. The molecule has 0 atom stereocenters. The lowest BCUT2D eigenvalue weighted by Crippen LogP contribution is -2.36. The first-order chi connectivity index (χ1) is 10.2. The number of benzene rings is 1. The second-order valence-corrected chi connectivity index (χ2v) is 4.54. The van der Waals surface area contributed by atoms with Crippen LogP contribution in [0.15, 0.2) is 39.8 Å². The zero-order chi connectivity index (χ0) is 15.1. The fraction of sp³-hybridized carbons (Fsp3) is 0.333. The quantitative estimate of drug-likeness (QED) is 0.655. The lowest BCUT2D eigenvalue weighted by Gasteiger charge is -2.10. The monoisotopic (exact) mass is 290 g/mol. The highest BCUT2D eigenvalue weighted by Crippen LogP contribution is 2.04. The van der Waals surface area contributed by atoms with E-state index < -0.39 is 0 Å². The van der Waals surface area contributed by atoms with Gasteiger partial charge in [0.25, 0.3) is 0 Å². The summed E-state index contributed by atoms with van der Waals surface area (Å²) in [5.41, 5.74) is 1.91. The second kappa shape index (κ2) is 7.42. The van der Waals surface area contributed by atoms with Gasteiger partial charge in [0, 0.05) is 19.7 Å². The van der Waals surface area contributed by atoms with E-state index in [-0.39, 0.29) is 5.82 Å². The van der Waals surface area contributed by atoms with E-state index in [2.05, 4.69) is 20.8 Å². The number of nitrogens with one attached hydrogen (secondary N) is 2. The molecule has 0 aliphatic carbocycles. The summed E-state index contributed by atoms with van der Waals surface area (Å²) in [6.07, 6.45) is 0.848. The first kappa shape index (κ1) is 15.0. The molecule has 2 aromatic rings. The SMILES string of the molecule is CCc1cc(CNC(=NC)NCc2ccc(F)cc2)on1. The Morgan fingerprint density at radius 1 is 1.24 bits per heavy atom. The van der Waals surface area contributed by atoms with Crippen LogP contribution in [0.1, 0.15) is 23.9 Å². The summed E-state index contributed by atoms with van der Waals surface area (Å²) in [5, 5.41) is 10.2. The van der Waals surface area contributed by atoms with Crippen LogP contribution in [0.25, 0.3) is 0 Å². The summed E-state index contributed by atoms with van der Waals surface area (Å²) < 4.78 is 18.0. The molecule has 0 saturated heterocycles. The first-order valence-corrected chi connectivity index (χ1v) is 6.84. The second-order valence-electron chi connectivity index (χ2n) is 4.54. The fourth-order valence-electron chi connectivity index (χ4n) is 1.79. The molecule has 1 heterocycles. The molecule has 0 bridgehead atoms. The molecule has 0 radical (unpaired) electrons. The van der Waals surface area contributed by atoms with Crippen molar-refractivity contribution in [2.45, 2.75) is 26.4 Å². The lowest BCUT2D eigenvalue weighted by molar-refractivity contribution is 0.374. The number of hydrogen-bond acceptors (Lipinski definition) is 3. The highest BCUT2D eigenvalue weighted by Gasteiger charge is 2.04. The Labute approximate surface area is 123 Å². The van der Waals surface area contributed by atoms with E-state index in [1.54, 1.807) is 19.2 Å². The molecule has 2 rings (SSSR count). The number of aromatic nitrogens is 1. The maximum Gasteiger partial charge on any atom is 0.191 e. The highest BCUT2D eigenvalue weighted by atomic mass is 19.1. The molecular weight excluding hydrogens is 271 g/mol. The molecule has 21 heavy (non-hydrogen) atoms. The number of aliphatic imine (C=N–C) groups is 1. The van der Waals surface area contributed by atoms with Gasteiger partial charge in [0.1, 0.15) is 5.82 Å². The van der Waals surface area contributed by atoms with E-state index >= 15 is 0 Å². The van der Waals surface area contributed by atoms with Gasteiger partial charge in [-0.05, 0) is 24.1 Å². The minimum absolute atomic E-state index is 0.238. The van der Waals surface area contributed by atoms with Gasteiger partial charge in [0.15, 0.2) is 11.7 Å². The molecule has 2 N–H and O–H groups in total. The van der Waals surface area contributed by atoms with Crippen LogP contribution < -0.4 is 10.6 Å². The van der Waals surface area contributed by atoms with Gasteiger partial charge in [-0.1, -0.05) is 24.2 Å². The number of guanidine groups is 1. The van der Waals surface area contributed by atoms with Crippen molar-refractivity contribution in [3.05, 3.63) is 53.2 Å². The topological polar surface area (TPSA) is 62.5 Å². The molecule has 0 unspecified atom stereocenters. The minimum Gasteiger partial charge on any atom is -0.359 e. The molecule has 1 aromatic heterocycles. The predicted octanol–water partition coefficient (Wildman–Crippen LogP) is 2.24. The largest absolute Gasteiger partial charge is 0.359 e. The Kier molecular flexibility index (Phi) is 5.31. The normalized spacial score (nSPS) is 11.5. The van der Waals surface area contributed by atoms with Crippen molar-refractivity contribution in [3.63, 3.8) is 0 Å². The van der Waals surface area contributed by atoms with Crippen LogP contribution in [0, 0.1) is 5.82 Å². The maximum absolute atomic E-state index is 12.8. The number of rotatable bonds is 5. The van der Waals surface area contributed by atoms with Gasteiger partial charge in [-0.3, -0.25) is 4.99 Å². The van der Waals surface area contributed by atoms with Crippen molar-refractivity contribution in [1.82, 2.24) is 15.8 Å². The van der Waals surface area contributed by atoms with Crippen LogP contribution in [0.4, 0.5) is 4.39 Å². The van der Waals surface area contributed by atoms with Gasteiger partial charge in [0.05, 0.1) is 12.2 Å². The average Bonchev–Trinajstić information content (AvgIpc) is 2.97. The van der Waals surface area contributed by atoms with Crippen molar-refractivity contribution in [1.29, 1.82) is 0 Å². The molecule has 0 aliphatic rings. The van der Waals surface area contributed by atoms with Gasteiger partial charge in [-0.2, -0.15) is 0 Å². The van der Waals surface area contributed by atoms with Gasteiger partial charge >= 0.3 is 0 Å². The number of halogens is 1. The van der Waals surface area contributed by atoms with E-state index in [0.29, 0.717) is 19.0 Å². The molecule has 112 valence electrons. The summed E-state index contributed by atoms with van der Waals surface area (Å²) >= 11 is 0. The van der Waals surface area contributed by atoms with Crippen LogP contribution in [0.5, 0.6) is 0 Å². The van der Waals surface area contributed by atoms with E-state index in [0.717, 1.165) is 23.4 Å². The van der Waals surface area contributed by atoms with Crippen LogP contribution in [-0.2, 0) is 19.5 Å². The smallest absolute Gasteiger partial charge is 0.191 e. The maximum atomic E-state index is 12.8. The molecule has 0 saturated carbocycles. The zero-order valence-corrected chi connectivity index (χ0v) is 12.2. The van der Waals surface area contributed by atoms with E-state index in [1.807, 2.05) is 13.0 Å². The minimum atomic E-state index is -0.238. The van der Waals surface area contributed by atoms with Crippen LogP contribution >= 0.6 is 0 Å². The van der Waals surface area contributed by atoms with E-state index in [4.69, 9.17) is 4.52 Å². The third kappa shape index (κ3) is 4.59. The molecular formula is C15H19FN4O. The number of aryl methyl sites for hydroxylation is 1. The van der Waals surface area contributed by atoms with Crippen molar-refractivity contribution >= 4 is 5.96 Å².